The number of H-pyrrole nitrogens is 1. The zero-order valence-corrected chi connectivity index (χ0v) is 7.77. The summed E-state index contributed by atoms with van der Waals surface area (Å²) in [6.07, 6.45) is 1.99. The van der Waals surface area contributed by atoms with E-state index in [0.717, 1.165) is 24.2 Å². The average molecular weight is 166 g/mol. The van der Waals surface area contributed by atoms with Gasteiger partial charge in [-0.15, -0.1) is 0 Å². The molecular formula is C9H14N2O. The van der Waals surface area contributed by atoms with Gasteiger partial charge in [0.15, 0.2) is 0 Å². The Morgan fingerprint density at radius 3 is 2.67 bits per heavy atom. The molecule has 0 fully saturated rings. The van der Waals surface area contributed by atoms with Gasteiger partial charge in [0, 0.05) is 5.69 Å². The summed E-state index contributed by atoms with van der Waals surface area (Å²) >= 11 is 0. The fraction of sp³-hybridized carbons (Fsp3) is 0.556. The van der Waals surface area contributed by atoms with Gasteiger partial charge in [-0.05, 0) is 20.3 Å². The van der Waals surface area contributed by atoms with Crippen LogP contribution in [-0.4, -0.2) is 9.97 Å². The summed E-state index contributed by atoms with van der Waals surface area (Å²) in [5.41, 5.74) is 2.39. The van der Waals surface area contributed by atoms with E-state index >= 15 is 0 Å². The average Bonchev–Trinajstić information content (AvgIpc) is 2.01. The molecule has 0 aliphatic rings. The van der Waals surface area contributed by atoms with Crippen LogP contribution in [0.2, 0.25) is 0 Å². The molecule has 3 nitrogen and oxygen atoms in total. The Morgan fingerprint density at radius 1 is 1.42 bits per heavy atom. The monoisotopic (exact) mass is 166 g/mol. The Balaban J connectivity index is 3.14. The minimum absolute atomic E-state index is 0.0765. The highest BCUT2D eigenvalue weighted by molar-refractivity contribution is 5.11. The van der Waals surface area contributed by atoms with Gasteiger partial charge in [0.25, 0.3) is 5.56 Å². The molecule has 0 saturated heterocycles. The topological polar surface area (TPSA) is 45.8 Å². The maximum absolute atomic E-state index is 11.1. The minimum Gasteiger partial charge on any atom is -0.323 e. The van der Waals surface area contributed by atoms with Gasteiger partial charge < -0.3 is 4.98 Å². The first-order valence-corrected chi connectivity index (χ1v) is 4.21. The molecule has 0 aliphatic carbocycles. The molecule has 0 spiro atoms. The molecule has 0 amide bonds. The standard InChI is InChI=1S/C9H14N2O/c1-4-5-8-6(2)11-9(12)7(3)10-8/h4-5H2,1-3H3,(H,11,12). The van der Waals surface area contributed by atoms with Gasteiger partial charge in [0.2, 0.25) is 0 Å². The van der Waals surface area contributed by atoms with Crippen LogP contribution in [0, 0.1) is 13.8 Å². The number of aryl methyl sites for hydroxylation is 3. The predicted molar refractivity (Wildman–Crippen MR) is 48.3 cm³/mol. The summed E-state index contributed by atoms with van der Waals surface area (Å²) in [6.45, 7) is 5.72. The lowest BCUT2D eigenvalue weighted by atomic mass is 10.2. The van der Waals surface area contributed by atoms with E-state index < -0.39 is 0 Å². The first-order valence-electron chi connectivity index (χ1n) is 4.21. The van der Waals surface area contributed by atoms with Crippen LogP contribution >= 0.6 is 0 Å². The number of hydrogen-bond donors (Lipinski definition) is 1. The van der Waals surface area contributed by atoms with Crippen LogP contribution in [0.25, 0.3) is 0 Å². The van der Waals surface area contributed by atoms with Crippen molar-refractivity contribution in [3.05, 3.63) is 27.4 Å². The Hall–Kier alpha value is -1.12. The number of rotatable bonds is 2. The molecule has 0 atom stereocenters. The lowest BCUT2D eigenvalue weighted by molar-refractivity contribution is 0.832. The van der Waals surface area contributed by atoms with Gasteiger partial charge >= 0.3 is 0 Å². The van der Waals surface area contributed by atoms with Gasteiger partial charge in [-0.2, -0.15) is 0 Å². The predicted octanol–water partition coefficient (Wildman–Crippen LogP) is 1.34. The lowest BCUT2D eigenvalue weighted by Gasteiger charge is -2.02. The van der Waals surface area contributed by atoms with E-state index in [1.54, 1.807) is 6.92 Å². The van der Waals surface area contributed by atoms with Crippen molar-refractivity contribution < 1.29 is 0 Å². The Labute approximate surface area is 71.9 Å². The minimum atomic E-state index is -0.0765. The van der Waals surface area contributed by atoms with Gasteiger partial charge in [-0.1, -0.05) is 13.3 Å². The van der Waals surface area contributed by atoms with Crippen LogP contribution in [0.5, 0.6) is 0 Å². The second-order valence-corrected chi connectivity index (χ2v) is 2.97. The van der Waals surface area contributed by atoms with Crippen molar-refractivity contribution in [3.8, 4) is 0 Å². The van der Waals surface area contributed by atoms with Crippen molar-refractivity contribution >= 4 is 0 Å². The van der Waals surface area contributed by atoms with Crippen LogP contribution in [0.4, 0.5) is 0 Å². The number of nitrogens with zero attached hydrogens (tertiary/aromatic N) is 1. The second-order valence-electron chi connectivity index (χ2n) is 2.97. The van der Waals surface area contributed by atoms with Gasteiger partial charge in [0.1, 0.15) is 5.69 Å². The Bertz CT molecular complexity index is 328. The summed E-state index contributed by atoms with van der Waals surface area (Å²) < 4.78 is 0. The Kier molecular flexibility index (Phi) is 2.63. The number of aromatic amines is 1. The van der Waals surface area contributed by atoms with Crippen LogP contribution < -0.4 is 5.56 Å². The molecule has 1 heterocycles. The molecule has 66 valence electrons. The highest BCUT2D eigenvalue weighted by Gasteiger charge is 2.02. The molecule has 1 N–H and O–H groups in total. The SMILES string of the molecule is CCCc1nc(C)c(=O)[nH]c1C. The third-order valence-corrected chi connectivity index (χ3v) is 1.85. The van der Waals surface area contributed by atoms with Crippen LogP contribution in [0.15, 0.2) is 4.79 Å². The zero-order valence-electron chi connectivity index (χ0n) is 7.77. The normalized spacial score (nSPS) is 10.2. The van der Waals surface area contributed by atoms with E-state index in [-0.39, 0.29) is 5.56 Å². The van der Waals surface area contributed by atoms with E-state index in [1.807, 2.05) is 6.92 Å². The van der Waals surface area contributed by atoms with E-state index in [2.05, 4.69) is 16.9 Å². The molecule has 3 heteroatoms. The largest absolute Gasteiger partial charge is 0.323 e. The molecule has 1 rings (SSSR count). The van der Waals surface area contributed by atoms with Crippen molar-refractivity contribution in [1.29, 1.82) is 0 Å². The summed E-state index contributed by atoms with van der Waals surface area (Å²) in [7, 11) is 0. The number of nitrogens with one attached hydrogen (secondary N) is 1. The van der Waals surface area contributed by atoms with Crippen LogP contribution in [0.1, 0.15) is 30.4 Å². The highest BCUT2D eigenvalue weighted by Crippen LogP contribution is 2.02. The summed E-state index contributed by atoms with van der Waals surface area (Å²) in [5, 5.41) is 0. The molecule has 0 bridgehead atoms. The smallest absolute Gasteiger partial charge is 0.269 e. The van der Waals surface area contributed by atoms with Crippen molar-refractivity contribution in [3.63, 3.8) is 0 Å². The lowest BCUT2D eigenvalue weighted by Crippen LogP contribution is -2.15. The first kappa shape index (κ1) is 8.97. The number of hydrogen-bond acceptors (Lipinski definition) is 2. The highest BCUT2D eigenvalue weighted by atomic mass is 16.1. The van der Waals surface area contributed by atoms with Crippen molar-refractivity contribution in [2.45, 2.75) is 33.6 Å². The summed E-state index contributed by atoms with van der Waals surface area (Å²) in [4.78, 5) is 18.1. The molecule has 0 aliphatic heterocycles. The molecular weight excluding hydrogens is 152 g/mol. The third-order valence-electron chi connectivity index (χ3n) is 1.85. The van der Waals surface area contributed by atoms with Crippen molar-refractivity contribution in [2.75, 3.05) is 0 Å². The molecule has 0 aromatic carbocycles. The summed E-state index contributed by atoms with van der Waals surface area (Å²) in [5.74, 6) is 0. The van der Waals surface area contributed by atoms with E-state index in [9.17, 15) is 4.79 Å². The molecule has 0 unspecified atom stereocenters. The van der Waals surface area contributed by atoms with Crippen LogP contribution in [-0.2, 0) is 6.42 Å². The molecule has 0 saturated carbocycles. The third kappa shape index (κ3) is 1.72. The van der Waals surface area contributed by atoms with E-state index in [4.69, 9.17) is 0 Å². The first-order chi connectivity index (χ1) is 5.65. The van der Waals surface area contributed by atoms with Gasteiger partial charge in [0.05, 0.1) is 5.69 Å². The van der Waals surface area contributed by atoms with Crippen molar-refractivity contribution in [2.24, 2.45) is 0 Å². The van der Waals surface area contributed by atoms with Gasteiger partial charge in [-0.25, -0.2) is 0 Å². The quantitative estimate of drug-likeness (QED) is 0.720. The van der Waals surface area contributed by atoms with Crippen LogP contribution in [0.3, 0.4) is 0 Å². The van der Waals surface area contributed by atoms with E-state index in [1.165, 1.54) is 0 Å². The second kappa shape index (κ2) is 3.52. The molecule has 0 radical (unpaired) electrons. The fourth-order valence-corrected chi connectivity index (χ4v) is 1.15. The maximum Gasteiger partial charge on any atom is 0.269 e. The fourth-order valence-electron chi connectivity index (χ4n) is 1.15. The molecule has 12 heavy (non-hydrogen) atoms. The van der Waals surface area contributed by atoms with E-state index in [0.29, 0.717) is 5.69 Å². The number of aromatic nitrogens is 2. The molecule has 1 aromatic heterocycles. The molecule has 1 aromatic rings. The van der Waals surface area contributed by atoms with Gasteiger partial charge in [-0.3, -0.25) is 9.78 Å². The zero-order chi connectivity index (χ0) is 9.14. The maximum atomic E-state index is 11.1. The van der Waals surface area contributed by atoms with Crippen molar-refractivity contribution in [1.82, 2.24) is 9.97 Å². The Morgan fingerprint density at radius 2 is 2.08 bits per heavy atom. The summed E-state index contributed by atoms with van der Waals surface area (Å²) in [6, 6.07) is 0.